The molecule has 1 saturated carbocycles. The van der Waals surface area contributed by atoms with E-state index in [2.05, 4.69) is 17.9 Å². The Bertz CT molecular complexity index is 466. The highest BCUT2D eigenvalue weighted by Crippen LogP contribution is 2.35. The van der Waals surface area contributed by atoms with Gasteiger partial charge in [0.25, 0.3) is 5.91 Å². The SMILES string of the molecule is Cc1cccc(C(=O)N2CCCC3CCCCC32)c1. The molecule has 102 valence electrons. The van der Waals surface area contributed by atoms with E-state index in [9.17, 15) is 4.79 Å². The van der Waals surface area contributed by atoms with Crippen molar-refractivity contribution in [1.29, 1.82) is 0 Å². The van der Waals surface area contributed by atoms with Crippen molar-refractivity contribution in [2.75, 3.05) is 6.54 Å². The largest absolute Gasteiger partial charge is 0.335 e. The summed E-state index contributed by atoms with van der Waals surface area (Å²) >= 11 is 0. The fourth-order valence-electron chi connectivity index (χ4n) is 3.82. The van der Waals surface area contributed by atoms with Crippen molar-refractivity contribution >= 4 is 5.91 Å². The summed E-state index contributed by atoms with van der Waals surface area (Å²) in [6, 6.07) is 8.54. The first-order chi connectivity index (χ1) is 9.25. The highest BCUT2D eigenvalue weighted by atomic mass is 16.2. The van der Waals surface area contributed by atoms with Crippen LogP contribution in [0.3, 0.4) is 0 Å². The summed E-state index contributed by atoms with van der Waals surface area (Å²) in [6.45, 7) is 3.00. The second-order valence-electron chi connectivity index (χ2n) is 6.12. The minimum Gasteiger partial charge on any atom is -0.335 e. The van der Waals surface area contributed by atoms with Gasteiger partial charge in [0, 0.05) is 18.2 Å². The van der Waals surface area contributed by atoms with Gasteiger partial charge in [-0.3, -0.25) is 4.79 Å². The van der Waals surface area contributed by atoms with Crippen LogP contribution >= 0.6 is 0 Å². The Kier molecular flexibility index (Phi) is 3.58. The van der Waals surface area contributed by atoms with Crippen LogP contribution in [0, 0.1) is 12.8 Å². The van der Waals surface area contributed by atoms with Gasteiger partial charge in [-0.15, -0.1) is 0 Å². The zero-order valence-corrected chi connectivity index (χ0v) is 11.8. The number of nitrogens with zero attached hydrogens (tertiary/aromatic N) is 1. The normalized spacial score (nSPS) is 26.9. The van der Waals surface area contributed by atoms with Crippen LogP contribution in [-0.4, -0.2) is 23.4 Å². The van der Waals surface area contributed by atoms with Crippen LogP contribution in [-0.2, 0) is 0 Å². The number of carbonyl (C=O) groups excluding carboxylic acids is 1. The predicted molar refractivity (Wildman–Crippen MR) is 77.2 cm³/mol. The highest BCUT2D eigenvalue weighted by Gasteiger charge is 2.35. The molecule has 2 atom stereocenters. The quantitative estimate of drug-likeness (QED) is 0.749. The summed E-state index contributed by atoms with van der Waals surface area (Å²) in [5.74, 6) is 1.01. The van der Waals surface area contributed by atoms with Crippen molar-refractivity contribution in [2.24, 2.45) is 5.92 Å². The molecule has 0 N–H and O–H groups in total. The molecule has 2 heteroatoms. The van der Waals surface area contributed by atoms with E-state index in [1.807, 2.05) is 18.2 Å². The zero-order chi connectivity index (χ0) is 13.2. The predicted octanol–water partition coefficient (Wildman–Crippen LogP) is 3.79. The number of amides is 1. The van der Waals surface area contributed by atoms with Gasteiger partial charge in [0.15, 0.2) is 0 Å². The third-order valence-electron chi connectivity index (χ3n) is 4.77. The molecule has 1 aromatic carbocycles. The van der Waals surface area contributed by atoms with Gasteiger partial charge in [0.05, 0.1) is 0 Å². The molecule has 19 heavy (non-hydrogen) atoms. The lowest BCUT2D eigenvalue weighted by molar-refractivity contribution is 0.0390. The molecule has 3 rings (SSSR count). The lowest BCUT2D eigenvalue weighted by Gasteiger charge is -2.44. The van der Waals surface area contributed by atoms with Gasteiger partial charge in [-0.1, -0.05) is 30.5 Å². The molecule has 1 aromatic rings. The van der Waals surface area contributed by atoms with Gasteiger partial charge in [-0.25, -0.2) is 0 Å². The average Bonchev–Trinajstić information content (AvgIpc) is 2.46. The minimum atomic E-state index is 0.250. The van der Waals surface area contributed by atoms with Crippen molar-refractivity contribution in [1.82, 2.24) is 4.90 Å². The van der Waals surface area contributed by atoms with Crippen molar-refractivity contribution in [3.05, 3.63) is 35.4 Å². The first-order valence-electron chi connectivity index (χ1n) is 7.63. The number of hydrogen-bond donors (Lipinski definition) is 0. The van der Waals surface area contributed by atoms with Crippen molar-refractivity contribution in [3.8, 4) is 0 Å². The van der Waals surface area contributed by atoms with Crippen molar-refractivity contribution in [2.45, 2.75) is 51.5 Å². The third kappa shape index (κ3) is 2.54. The Balaban J connectivity index is 1.82. The molecular weight excluding hydrogens is 234 g/mol. The van der Waals surface area contributed by atoms with Crippen LogP contribution in [0.1, 0.15) is 54.4 Å². The second kappa shape index (κ2) is 5.36. The summed E-state index contributed by atoms with van der Waals surface area (Å²) in [6.07, 6.45) is 7.68. The van der Waals surface area contributed by atoms with E-state index >= 15 is 0 Å². The Morgan fingerprint density at radius 1 is 1.16 bits per heavy atom. The van der Waals surface area contributed by atoms with Crippen molar-refractivity contribution in [3.63, 3.8) is 0 Å². The van der Waals surface area contributed by atoms with Crippen LogP contribution in [0.15, 0.2) is 24.3 Å². The summed E-state index contributed by atoms with van der Waals surface area (Å²) in [5.41, 5.74) is 2.04. The molecule has 1 aliphatic carbocycles. The van der Waals surface area contributed by atoms with Crippen molar-refractivity contribution < 1.29 is 4.79 Å². The first-order valence-corrected chi connectivity index (χ1v) is 7.63. The lowest BCUT2D eigenvalue weighted by Crippen LogP contribution is -2.49. The molecule has 2 fully saturated rings. The molecule has 1 saturated heterocycles. The number of aryl methyl sites for hydroxylation is 1. The van der Waals surface area contributed by atoms with Crippen LogP contribution in [0.5, 0.6) is 0 Å². The Labute approximate surface area is 115 Å². The van der Waals surface area contributed by atoms with E-state index in [4.69, 9.17) is 0 Å². The number of hydrogen-bond acceptors (Lipinski definition) is 1. The Morgan fingerprint density at radius 3 is 2.79 bits per heavy atom. The average molecular weight is 257 g/mol. The van der Waals surface area contributed by atoms with Gasteiger partial charge in [-0.2, -0.15) is 0 Å². The minimum absolute atomic E-state index is 0.250. The van der Waals surface area contributed by atoms with Gasteiger partial charge in [0.1, 0.15) is 0 Å². The standard InChI is InChI=1S/C17H23NO/c1-13-6-4-8-15(12-13)17(19)18-11-5-9-14-7-2-3-10-16(14)18/h4,6,8,12,14,16H,2-3,5,7,9-11H2,1H3. The molecule has 0 radical (unpaired) electrons. The van der Waals surface area contributed by atoms with E-state index in [1.165, 1.54) is 44.1 Å². The molecule has 1 heterocycles. The van der Waals surface area contributed by atoms with Crippen LogP contribution < -0.4 is 0 Å². The lowest BCUT2D eigenvalue weighted by atomic mass is 9.78. The summed E-state index contributed by atoms with van der Waals surface area (Å²) in [7, 11) is 0. The van der Waals surface area contributed by atoms with Gasteiger partial charge >= 0.3 is 0 Å². The fourth-order valence-corrected chi connectivity index (χ4v) is 3.82. The number of rotatable bonds is 1. The third-order valence-corrected chi connectivity index (χ3v) is 4.77. The van der Waals surface area contributed by atoms with Crippen LogP contribution in [0.4, 0.5) is 0 Å². The Hall–Kier alpha value is -1.31. The summed E-state index contributed by atoms with van der Waals surface area (Å²) in [4.78, 5) is 14.9. The molecule has 0 aromatic heterocycles. The first kappa shape index (κ1) is 12.7. The molecule has 1 amide bonds. The zero-order valence-electron chi connectivity index (χ0n) is 11.8. The Morgan fingerprint density at radius 2 is 1.95 bits per heavy atom. The smallest absolute Gasteiger partial charge is 0.254 e. The summed E-state index contributed by atoms with van der Waals surface area (Å²) in [5, 5.41) is 0. The molecule has 2 nitrogen and oxygen atoms in total. The van der Waals surface area contributed by atoms with Gasteiger partial charge in [-0.05, 0) is 50.7 Å². The monoisotopic (exact) mass is 257 g/mol. The van der Waals surface area contributed by atoms with Crippen LogP contribution in [0.25, 0.3) is 0 Å². The molecule has 2 unspecified atom stereocenters. The van der Waals surface area contributed by atoms with E-state index in [0.29, 0.717) is 6.04 Å². The molecule has 0 bridgehead atoms. The number of benzene rings is 1. The number of fused-ring (bicyclic) bond motifs is 1. The number of carbonyl (C=O) groups is 1. The molecular formula is C17H23NO. The maximum atomic E-state index is 12.7. The fraction of sp³-hybridized carbons (Fsp3) is 0.588. The maximum absolute atomic E-state index is 12.7. The van der Waals surface area contributed by atoms with Crippen LogP contribution in [0.2, 0.25) is 0 Å². The van der Waals surface area contributed by atoms with Gasteiger partial charge < -0.3 is 4.90 Å². The summed E-state index contributed by atoms with van der Waals surface area (Å²) < 4.78 is 0. The topological polar surface area (TPSA) is 20.3 Å². The van der Waals surface area contributed by atoms with E-state index in [1.54, 1.807) is 0 Å². The highest BCUT2D eigenvalue weighted by molar-refractivity contribution is 5.94. The second-order valence-corrected chi connectivity index (χ2v) is 6.12. The molecule has 2 aliphatic rings. The molecule has 1 aliphatic heterocycles. The maximum Gasteiger partial charge on any atom is 0.254 e. The number of piperidine rings is 1. The van der Waals surface area contributed by atoms with E-state index in [-0.39, 0.29) is 5.91 Å². The molecule has 0 spiro atoms. The van der Waals surface area contributed by atoms with Gasteiger partial charge in [0.2, 0.25) is 0 Å². The van der Waals surface area contributed by atoms with E-state index < -0.39 is 0 Å². The number of likely N-dealkylation sites (tertiary alicyclic amines) is 1. The van der Waals surface area contributed by atoms with E-state index in [0.717, 1.165) is 18.0 Å².